The normalized spacial score (nSPS) is 23.2. The molecular weight excluding hydrogens is 257 g/mol. The molecule has 1 aliphatic heterocycles. The smallest absolute Gasteiger partial charge is 0.254 e. The molecule has 0 radical (unpaired) electrons. The highest BCUT2D eigenvalue weighted by Crippen LogP contribution is 2.16. The largest absolute Gasteiger partial charge is 0.348 e. The lowest BCUT2D eigenvalue weighted by molar-refractivity contribution is 0.0914. The van der Waals surface area contributed by atoms with Crippen molar-refractivity contribution in [1.82, 2.24) is 10.6 Å². The van der Waals surface area contributed by atoms with Crippen LogP contribution in [-0.4, -0.2) is 24.5 Å². The van der Waals surface area contributed by atoms with Gasteiger partial charge in [-0.1, -0.05) is 0 Å². The second-order valence-corrected chi connectivity index (χ2v) is 4.69. The molecule has 0 aromatic heterocycles. The third-order valence-corrected chi connectivity index (χ3v) is 3.36. The number of carbonyl (C=O) groups excluding carboxylic acids is 1. The maximum atomic E-state index is 13.5. The maximum Gasteiger partial charge on any atom is 0.254 e. The highest BCUT2D eigenvalue weighted by molar-refractivity contribution is 5.94. The Morgan fingerprint density at radius 1 is 1.32 bits per heavy atom. The SMILES string of the molecule is C[C@H]1NCCC[C@@H]1NC(=O)c1ccc(F)c(F)c1F. The number of hydrogen-bond donors (Lipinski definition) is 2. The van der Waals surface area contributed by atoms with Crippen LogP contribution < -0.4 is 10.6 Å². The van der Waals surface area contributed by atoms with Crippen LogP contribution in [0, 0.1) is 17.5 Å². The highest BCUT2D eigenvalue weighted by atomic mass is 19.2. The van der Waals surface area contributed by atoms with Crippen LogP contribution in [0.15, 0.2) is 12.1 Å². The Kier molecular flexibility index (Phi) is 4.09. The number of nitrogens with one attached hydrogen (secondary N) is 2. The summed E-state index contributed by atoms with van der Waals surface area (Å²) >= 11 is 0. The van der Waals surface area contributed by atoms with Crippen LogP contribution in [0.5, 0.6) is 0 Å². The monoisotopic (exact) mass is 272 g/mol. The van der Waals surface area contributed by atoms with E-state index in [4.69, 9.17) is 0 Å². The highest BCUT2D eigenvalue weighted by Gasteiger charge is 2.25. The fourth-order valence-electron chi connectivity index (χ4n) is 2.19. The van der Waals surface area contributed by atoms with E-state index in [-0.39, 0.29) is 12.1 Å². The molecule has 2 rings (SSSR count). The van der Waals surface area contributed by atoms with Gasteiger partial charge < -0.3 is 10.6 Å². The number of carbonyl (C=O) groups is 1. The summed E-state index contributed by atoms with van der Waals surface area (Å²) in [7, 11) is 0. The molecule has 19 heavy (non-hydrogen) atoms. The van der Waals surface area contributed by atoms with Gasteiger partial charge in [0.1, 0.15) is 0 Å². The average Bonchev–Trinajstić information content (AvgIpc) is 2.39. The van der Waals surface area contributed by atoms with Crippen molar-refractivity contribution in [3.63, 3.8) is 0 Å². The van der Waals surface area contributed by atoms with Gasteiger partial charge in [-0.15, -0.1) is 0 Å². The zero-order valence-corrected chi connectivity index (χ0v) is 10.5. The summed E-state index contributed by atoms with van der Waals surface area (Å²) in [5.41, 5.74) is -0.475. The quantitative estimate of drug-likeness (QED) is 0.808. The third kappa shape index (κ3) is 2.89. The Morgan fingerprint density at radius 3 is 2.74 bits per heavy atom. The van der Waals surface area contributed by atoms with Crippen molar-refractivity contribution < 1.29 is 18.0 Å². The van der Waals surface area contributed by atoms with Crippen LogP contribution in [0.1, 0.15) is 30.1 Å². The number of benzene rings is 1. The summed E-state index contributed by atoms with van der Waals surface area (Å²) < 4.78 is 39.3. The number of piperidine rings is 1. The van der Waals surface area contributed by atoms with E-state index >= 15 is 0 Å². The Hall–Kier alpha value is -1.56. The van der Waals surface area contributed by atoms with Crippen LogP contribution in [0.2, 0.25) is 0 Å². The molecule has 0 spiro atoms. The van der Waals surface area contributed by atoms with Gasteiger partial charge in [0.05, 0.1) is 5.56 Å². The predicted octanol–water partition coefficient (Wildman–Crippen LogP) is 1.97. The van der Waals surface area contributed by atoms with Crippen molar-refractivity contribution in [2.24, 2.45) is 0 Å². The molecule has 0 saturated carbocycles. The second kappa shape index (κ2) is 5.61. The fourth-order valence-corrected chi connectivity index (χ4v) is 2.19. The van der Waals surface area contributed by atoms with Gasteiger partial charge in [-0.05, 0) is 38.4 Å². The molecule has 2 atom stereocenters. The minimum atomic E-state index is -1.62. The van der Waals surface area contributed by atoms with Crippen molar-refractivity contribution in [2.75, 3.05) is 6.54 Å². The van der Waals surface area contributed by atoms with Gasteiger partial charge in [0.2, 0.25) is 0 Å². The molecular formula is C13H15F3N2O. The van der Waals surface area contributed by atoms with E-state index in [0.717, 1.165) is 31.5 Å². The Labute approximate surface area is 109 Å². The summed E-state index contributed by atoms with van der Waals surface area (Å²) in [6.45, 7) is 2.78. The molecule has 1 saturated heterocycles. The van der Waals surface area contributed by atoms with E-state index < -0.39 is 28.9 Å². The zero-order valence-electron chi connectivity index (χ0n) is 10.5. The molecule has 1 aromatic rings. The van der Waals surface area contributed by atoms with Crippen molar-refractivity contribution in [2.45, 2.75) is 31.8 Å². The first-order chi connectivity index (χ1) is 9.00. The summed E-state index contributed by atoms with van der Waals surface area (Å²) in [5.74, 6) is -5.10. The van der Waals surface area contributed by atoms with Crippen molar-refractivity contribution in [1.29, 1.82) is 0 Å². The molecule has 3 nitrogen and oxygen atoms in total. The number of amides is 1. The van der Waals surface area contributed by atoms with E-state index in [2.05, 4.69) is 10.6 Å². The summed E-state index contributed by atoms with van der Waals surface area (Å²) in [6, 6.07) is 1.61. The molecule has 0 aliphatic carbocycles. The van der Waals surface area contributed by atoms with Gasteiger partial charge in [-0.2, -0.15) is 0 Å². The zero-order chi connectivity index (χ0) is 14.0. The molecule has 1 aromatic carbocycles. The number of halogens is 3. The average molecular weight is 272 g/mol. The minimum absolute atomic E-state index is 0.0612. The Bertz CT molecular complexity index is 493. The molecule has 2 N–H and O–H groups in total. The molecule has 1 aliphatic rings. The van der Waals surface area contributed by atoms with Crippen LogP contribution in [0.3, 0.4) is 0 Å². The summed E-state index contributed by atoms with van der Waals surface area (Å²) in [4.78, 5) is 11.9. The minimum Gasteiger partial charge on any atom is -0.348 e. The lowest BCUT2D eigenvalue weighted by Gasteiger charge is -2.30. The van der Waals surface area contributed by atoms with Crippen molar-refractivity contribution in [3.8, 4) is 0 Å². The van der Waals surface area contributed by atoms with Gasteiger partial charge in [0.15, 0.2) is 17.5 Å². The van der Waals surface area contributed by atoms with Gasteiger partial charge in [-0.3, -0.25) is 4.79 Å². The molecule has 1 fully saturated rings. The Morgan fingerprint density at radius 2 is 2.05 bits per heavy atom. The van der Waals surface area contributed by atoms with E-state index in [1.807, 2.05) is 6.92 Å². The standard InChI is InChI=1S/C13H15F3N2O/c1-7-10(3-2-6-17-7)18-13(19)8-4-5-9(14)12(16)11(8)15/h4-5,7,10,17H,2-3,6H2,1H3,(H,18,19)/t7-,10+/m1/s1. The van der Waals surface area contributed by atoms with Crippen LogP contribution in [0.25, 0.3) is 0 Å². The fraction of sp³-hybridized carbons (Fsp3) is 0.462. The third-order valence-electron chi connectivity index (χ3n) is 3.36. The Balaban J connectivity index is 2.14. The number of hydrogen-bond acceptors (Lipinski definition) is 2. The summed E-state index contributed by atoms with van der Waals surface area (Å²) in [5, 5.41) is 5.82. The van der Waals surface area contributed by atoms with Crippen LogP contribution in [0.4, 0.5) is 13.2 Å². The molecule has 104 valence electrons. The van der Waals surface area contributed by atoms with Gasteiger partial charge in [0, 0.05) is 12.1 Å². The van der Waals surface area contributed by atoms with E-state index in [1.165, 1.54) is 0 Å². The van der Waals surface area contributed by atoms with Gasteiger partial charge in [-0.25, -0.2) is 13.2 Å². The van der Waals surface area contributed by atoms with E-state index in [1.54, 1.807) is 0 Å². The summed E-state index contributed by atoms with van der Waals surface area (Å²) in [6.07, 6.45) is 1.67. The van der Waals surface area contributed by atoms with E-state index in [9.17, 15) is 18.0 Å². The molecule has 6 heteroatoms. The van der Waals surface area contributed by atoms with Gasteiger partial charge in [0.25, 0.3) is 5.91 Å². The number of rotatable bonds is 2. The second-order valence-electron chi connectivity index (χ2n) is 4.69. The first-order valence-electron chi connectivity index (χ1n) is 6.18. The first-order valence-corrected chi connectivity index (χ1v) is 6.18. The molecule has 1 amide bonds. The maximum absolute atomic E-state index is 13.5. The van der Waals surface area contributed by atoms with Crippen LogP contribution in [-0.2, 0) is 0 Å². The molecule has 0 unspecified atom stereocenters. The first kappa shape index (κ1) is 13.9. The molecule has 1 heterocycles. The van der Waals surface area contributed by atoms with Crippen molar-refractivity contribution >= 4 is 5.91 Å². The topological polar surface area (TPSA) is 41.1 Å². The molecule has 0 bridgehead atoms. The lowest BCUT2D eigenvalue weighted by atomic mass is 9.99. The van der Waals surface area contributed by atoms with Crippen molar-refractivity contribution in [3.05, 3.63) is 35.1 Å². The van der Waals surface area contributed by atoms with Gasteiger partial charge >= 0.3 is 0 Å². The van der Waals surface area contributed by atoms with E-state index in [0.29, 0.717) is 0 Å². The lowest BCUT2D eigenvalue weighted by Crippen LogP contribution is -2.52. The predicted molar refractivity (Wildman–Crippen MR) is 64.3 cm³/mol. The van der Waals surface area contributed by atoms with Crippen LogP contribution >= 0.6 is 0 Å².